The Morgan fingerprint density at radius 2 is 2.00 bits per heavy atom. The predicted molar refractivity (Wildman–Crippen MR) is 71.5 cm³/mol. The van der Waals surface area contributed by atoms with Crippen molar-refractivity contribution in [2.24, 2.45) is 0 Å². The van der Waals surface area contributed by atoms with E-state index in [9.17, 15) is 13.2 Å². The Balaban J connectivity index is 3.39. The van der Waals surface area contributed by atoms with Crippen LogP contribution in [0.5, 0.6) is 0 Å². The van der Waals surface area contributed by atoms with E-state index in [0.29, 0.717) is 6.54 Å². The first-order valence-corrected chi connectivity index (χ1v) is 7.42. The van der Waals surface area contributed by atoms with Crippen molar-refractivity contribution < 1.29 is 17.9 Å². The number of sulfonamides is 1. The molecule has 19 heavy (non-hydrogen) atoms. The highest BCUT2D eigenvalue weighted by atomic mass is 32.2. The number of esters is 1. The highest BCUT2D eigenvalue weighted by Gasteiger charge is 2.30. The van der Waals surface area contributed by atoms with Gasteiger partial charge in [-0.15, -0.1) is 0 Å². The van der Waals surface area contributed by atoms with Gasteiger partial charge in [-0.3, -0.25) is 0 Å². The number of nitrogens with one attached hydrogen (secondary N) is 1. The van der Waals surface area contributed by atoms with Gasteiger partial charge in [0.25, 0.3) is 10.0 Å². The van der Waals surface area contributed by atoms with Gasteiger partial charge in [-0.25, -0.2) is 17.9 Å². The van der Waals surface area contributed by atoms with Crippen LogP contribution >= 0.6 is 0 Å². The summed E-state index contributed by atoms with van der Waals surface area (Å²) in [4.78, 5) is 11.6. The van der Waals surface area contributed by atoms with E-state index in [1.54, 1.807) is 33.9 Å². The maximum absolute atomic E-state index is 12.4. The summed E-state index contributed by atoms with van der Waals surface area (Å²) in [5.74, 6) is -0.665. The number of aromatic nitrogens is 1. The molecule has 1 aromatic rings. The van der Waals surface area contributed by atoms with Gasteiger partial charge in [0.15, 0.2) is 5.03 Å². The van der Waals surface area contributed by atoms with Gasteiger partial charge in [-0.05, 0) is 33.8 Å². The van der Waals surface area contributed by atoms with Crippen molar-refractivity contribution in [3.63, 3.8) is 0 Å². The zero-order chi connectivity index (χ0) is 14.8. The first-order chi connectivity index (χ1) is 8.62. The third-order valence-corrected chi connectivity index (χ3v) is 4.20. The molecule has 0 radical (unpaired) electrons. The maximum Gasteiger partial charge on any atom is 0.340 e. The van der Waals surface area contributed by atoms with E-state index in [1.165, 1.54) is 17.7 Å². The lowest BCUT2D eigenvalue weighted by Crippen LogP contribution is -2.41. The molecule has 1 rings (SSSR count). The number of nitrogens with zero attached hydrogens (tertiary/aromatic N) is 1. The zero-order valence-corrected chi connectivity index (χ0v) is 12.7. The molecular weight excluding hydrogens is 268 g/mol. The topological polar surface area (TPSA) is 77.4 Å². The number of carbonyl (C=O) groups is 1. The molecule has 0 saturated heterocycles. The maximum atomic E-state index is 12.4. The molecule has 6 nitrogen and oxygen atoms in total. The lowest BCUT2D eigenvalue weighted by atomic mass is 10.1. The fourth-order valence-corrected chi connectivity index (χ4v) is 3.57. The highest BCUT2D eigenvalue weighted by molar-refractivity contribution is 7.89. The fraction of sp³-hybridized carbons (Fsp3) is 0.583. The van der Waals surface area contributed by atoms with Crippen LogP contribution in [0, 0.1) is 0 Å². The summed E-state index contributed by atoms with van der Waals surface area (Å²) in [7, 11) is -2.57. The fourth-order valence-electron chi connectivity index (χ4n) is 1.72. The minimum absolute atomic E-state index is 0.0427. The van der Waals surface area contributed by atoms with Crippen LogP contribution in [-0.4, -0.2) is 31.6 Å². The number of hydrogen-bond acceptors (Lipinski definition) is 4. The molecule has 1 aromatic heterocycles. The van der Waals surface area contributed by atoms with Gasteiger partial charge in [0.05, 0.1) is 12.7 Å². The molecule has 0 bridgehead atoms. The van der Waals surface area contributed by atoms with Crippen molar-refractivity contribution in [2.75, 3.05) is 7.11 Å². The summed E-state index contributed by atoms with van der Waals surface area (Å²) in [6.45, 7) is 7.46. The number of methoxy groups -OCH3 is 1. The molecule has 1 heterocycles. The lowest BCUT2D eigenvalue weighted by molar-refractivity contribution is 0.0595. The van der Waals surface area contributed by atoms with Crippen molar-refractivity contribution in [1.82, 2.24) is 9.29 Å². The molecule has 0 unspecified atom stereocenters. The van der Waals surface area contributed by atoms with Crippen LogP contribution in [0.2, 0.25) is 0 Å². The van der Waals surface area contributed by atoms with Crippen LogP contribution in [0.4, 0.5) is 0 Å². The van der Waals surface area contributed by atoms with Crippen molar-refractivity contribution in [1.29, 1.82) is 0 Å². The van der Waals surface area contributed by atoms with Gasteiger partial charge in [-0.2, -0.15) is 0 Å². The second kappa shape index (κ2) is 5.34. The molecule has 0 atom stereocenters. The highest BCUT2D eigenvalue weighted by Crippen LogP contribution is 2.20. The molecule has 0 aliphatic carbocycles. The number of hydrogen-bond donors (Lipinski definition) is 1. The second-order valence-electron chi connectivity index (χ2n) is 5.17. The Bertz CT molecular complexity index is 567. The summed E-state index contributed by atoms with van der Waals surface area (Å²) in [5, 5.41) is -0.0585. The van der Waals surface area contributed by atoms with Crippen LogP contribution in [0.15, 0.2) is 17.3 Å². The Morgan fingerprint density at radius 3 is 2.42 bits per heavy atom. The van der Waals surface area contributed by atoms with Crippen molar-refractivity contribution in [3.8, 4) is 0 Å². The molecule has 0 aromatic carbocycles. The minimum atomic E-state index is -3.79. The first-order valence-electron chi connectivity index (χ1n) is 5.94. The number of ether oxygens (including phenoxy) is 1. The van der Waals surface area contributed by atoms with Crippen molar-refractivity contribution in [2.45, 2.75) is 44.8 Å². The van der Waals surface area contributed by atoms with Crippen LogP contribution < -0.4 is 4.72 Å². The van der Waals surface area contributed by atoms with Crippen LogP contribution in [-0.2, 0) is 21.3 Å². The van der Waals surface area contributed by atoms with Crippen molar-refractivity contribution >= 4 is 16.0 Å². The Hall–Kier alpha value is -1.34. The average Bonchev–Trinajstić information content (AvgIpc) is 2.69. The van der Waals surface area contributed by atoms with E-state index >= 15 is 0 Å². The number of rotatable bonds is 4. The first kappa shape index (κ1) is 15.7. The molecule has 108 valence electrons. The molecule has 0 spiro atoms. The molecule has 1 N–H and O–H groups in total. The summed E-state index contributed by atoms with van der Waals surface area (Å²) in [5.41, 5.74) is -0.587. The van der Waals surface area contributed by atoms with Gasteiger partial charge >= 0.3 is 5.97 Å². The Kier molecular flexibility index (Phi) is 4.42. The van der Waals surface area contributed by atoms with Crippen LogP contribution in [0.1, 0.15) is 38.1 Å². The summed E-state index contributed by atoms with van der Waals surface area (Å²) in [6, 6.07) is 1.45. The van der Waals surface area contributed by atoms with E-state index in [-0.39, 0.29) is 10.6 Å². The molecule has 7 heteroatoms. The van der Waals surface area contributed by atoms with E-state index < -0.39 is 21.5 Å². The summed E-state index contributed by atoms with van der Waals surface area (Å²) < 4.78 is 33.4. The summed E-state index contributed by atoms with van der Waals surface area (Å²) >= 11 is 0. The largest absolute Gasteiger partial charge is 0.465 e. The predicted octanol–water partition coefficient (Wildman–Crippen LogP) is 1.37. The monoisotopic (exact) mass is 288 g/mol. The SMILES string of the molecule is CCn1ccc(C(=O)OC)c1S(=O)(=O)NC(C)(C)C. The zero-order valence-electron chi connectivity index (χ0n) is 11.9. The lowest BCUT2D eigenvalue weighted by Gasteiger charge is -2.21. The van der Waals surface area contributed by atoms with Crippen LogP contribution in [0.25, 0.3) is 0 Å². The van der Waals surface area contributed by atoms with Gasteiger partial charge in [0.2, 0.25) is 0 Å². The molecule has 0 amide bonds. The second-order valence-corrected chi connectivity index (χ2v) is 6.77. The molecule has 0 aliphatic heterocycles. The van der Waals surface area contributed by atoms with E-state index in [2.05, 4.69) is 9.46 Å². The Labute approximate surface area is 113 Å². The van der Waals surface area contributed by atoms with Crippen LogP contribution in [0.3, 0.4) is 0 Å². The smallest absolute Gasteiger partial charge is 0.340 e. The van der Waals surface area contributed by atoms with E-state index in [4.69, 9.17) is 0 Å². The Morgan fingerprint density at radius 1 is 1.42 bits per heavy atom. The van der Waals surface area contributed by atoms with Gasteiger partial charge < -0.3 is 9.30 Å². The van der Waals surface area contributed by atoms with Gasteiger partial charge in [-0.1, -0.05) is 0 Å². The third kappa shape index (κ3) is 3.57. The van der Waals surface area contributed by atoms with Gasteiger partial charge in [0.1, 0.15) is 0 Å². The molecule has 0 fully saturated rings. The minimum Gasteiger partial charge on any atom is -0.465 e. The average molecular weight is 288 g/mol. The number of carbonyl (C=O) groups excluding carboxylic acids is 1. The molecular formula is C12H20N2O4S. The summed E-state index contributed by atoms with van der Waals surface area (Å²) in [6.07, 6.45) is 1.56. The standard InChI is InChI=1S/C12H20N2O4S/c1-6-14-8-7-9(11(15)18-5)10(14)19(16,17)13-12(2,3)4/h7-8,13H,6H2,1-5H3. The van der Waals surface area contributed by atoms with E-state index in [0.717, 1.165) is 0 Å². The van der Waals surface area contributed by atoms with Crippen molar-refractivity contribution in [3.05, 3.63) is 17.8 Å². The van der Waals surface area contributed by atoms with Gasteiger partial charge in [0, 0.05) is 18.3 Å². The third-order valence-electron chi connectivity index (χ3n) is 2.35. The normalized spacial score (nSPS) is 12.5. The molecule has 0 aliphatic rings. The molecule has 0 saturated carbocycles. The number of aryl methyl sites for hydroxylation is 1. The van der Waals surface area contributed by atoms with E-state index in [1.807, 2.05) is 0 Å². The quantitative estimate of drug-likeness (QED) is 0.849.